The number of carbonyl (C=O) groups is 5. The second kappa shape index (κ2) is 53.3. The minimum atomic E-state index is 0.0583. The first-order chi connectivity index (χ1) is 67.5. The molecule has 3 N–H and O–H groups in total. The van der Waals surface area contributed by atoms with Crippen LogP contribution in [0.3, 0.4) is 0 Å². The van der Waals surface area contributed by atoms with Gasteiger partial charge in [-0.05, 0) is 276 Å². The number of likely N-dealkylation sites (tertiary alicyclic amines) is 4. The summed E-state index contributed by atoms with van der Waals surface area (Å²) in [4.78, 5) is 111. The van der Waals surface area contributed by atoms with E-state index in [1.165, 1.54) is 86.7 Å². The second-order valence-electron chi connectivity index (χ2n) is 50.0. The highest BCUT2D eigenvalue weighted by atomic mass is 16.5. The van der Waals surface area contributed by atoms with E-state index in [-0.39, 0.29) is 61.5 Å². The Kier molecular flexibility index (Phi) is 43.7. The first kappa shape index (κ1) is 118. The fraction of sp³-hybridized carbons (Fsp3) is 0.692. The number of likely N-dealkylation sites (N-methyl/N-ethyl adjacent to an activating group) is 1. The summed E-state index contributed by atoms with van der Waals surface area (Å²) < 4.78 is 5.93. The molecule has 144 heavy (non-hydrogen) atoms. The van der Waals surface area contributed by atoms with Crippen LogP contribution in [0.15, 0.2) is 98.2 Å². The van der Waals surface area contributed by atoms with Gasteiger partial charge in [-0.15, -0.1) is 0 Å². The molecule has 0 radical (unpaired) electrons. The van der Waals surface area contributed by atoms with Gasteiger partial charge in [-0.3, -0.25) is 33.9 Å². The van der Waals surface area contributed by atoms with Gasteiger partial charge >= 0.3 is 0 Å². The molecule has 4 aliphatic carbocycles. The summed E-state index contributed by atoms with van der Waals surface area (Å²) in [6.45, 7) is 64.1. The fourth-order valence-corrected chi connectivity index (χ4v) is 19.3. The number of pyridine rings is 3. The molecule has 7 aromatic heterocycles. The van der Waals surface area contributed by atoms with E-state index in [0.717, 1.165) is 223 Å². The summed E-state index contributed by atoms with van der Waals surface area (Å²) in [7, 11) is 10.3. The lowest BCUT2D eigenvalue weighted by molar-refractivity contribution is -0.136. The van der Waals surface area contributed by atoms with Crippen molar-refractivity contribution < 1.29 is 28.7 Å². The maximum absolute atomic E-state index is 11.9. The summed E-state index contributed by atoms with van der Waals surface area (Å²) in [5.41, 5.74) is 16.6. The highest BCUT2D eigenvalue weighted by Gasteiger charge is 2.40. The molecule has 4 saturated heterocycles. The number of hydrogen-bond donors (Lipinski definition) is 3. The number of aromatic nitrogens is 11. The van der Waals surface area contributed by atoms with Crippen molar-refractivity contribution in [3.63, 3.8) is 0 Å². The third-order valence-corrected chi connectivity index (χ3v) is 29.8. The molecular formula is C117H187N21O6. The lowest BCUT2D eigenvalue weighted by Gasteiger charge is -2.40. The van der Waals surface area contributed by atoms with Gasteiger partial charge in [-0.25, -0.2) is 34.9 Å². The van der Waals surface area contributed by atoms with Gasteiger partial charge in [-0.2, -0.15) is 10.2 Å². The topological polar surface area (TPSA) is 295 Å². The van der Waals surface area contributed by atoms with Gasteiger partial charge in [0.1, 0.15) is 25.6 Å². The summed E-state index contributed by atoms with van der Waals surface area (Å²) in [5.74, 6) is 5.51. The summed E-state index contributed by atoms with van der Waals surface area (Å²) in [6, 6.07) is 23.9. The number of amides is 5. The van der Waals surface area contributed by atoms with E-state index in [1.54, 1.807) is 46.7 Å². The molecule has 5 amide bonds. The Morgan fingerprint density at radius 3 is 1.16 bits per heavy atom. The van der Waals surface area contributed by atoms with E-state index in [0.29, 0.717) is 54.3 Å². The number of rotatable bonds is 23. The van der Waals surface area contributed by atoms with Crippen LogP contribution in [0.2, 0.25) is 0 Å². The Morgan fingerprint density at radius 2 is 0.771 bits per heavy atom. The van der Waals surface area contributed by atoms with Gasteiger partial charge in [0.05, 0.1) is 24.0 Å². The Balaban J connectivity index is 0.000000188. The first-order valence-electron chi connectivity index (χ1n) is 54.1. The molecule has 8 aliphatic rings. The SMILES string of the molecule is CC(=O)N(C)C1CCC(Cc2cc(C(C)(C)C)ncn2)CC1.CC(=O)N1CC(Cc2cc(C(C)(C)C)cnn2)C1.CC(=O)N1CC(Nc2ccnc(C(C)(C)C)c2)C1.CC(=O)N1CCC(Cc2cc(C(C)(C)C)cc(OCCN(C)C)n2)CC1.CC(C)(C)c1cc(NC2CN(C(=O)C3CC3)C2)ccn1.CCN(C)C1CCC(Cc2cc(C(C)(C)C)ncn2)CC1.CNC1CCC(Cc2cc(C(C)(C)C)ncn2)CC1. The molecule has 4 saturated carbocycles. The van der Waals surface area contributed by atoms with Crippen molar-refractivity contribution in [1.82, 2.24) is 94.7 Å². The largest absolute Gasteiger partial charge is 0.476 e. The molecule has 0 aromatic carbocycles. The van der Waals surface area contributed by atoms with Gasteiger partial charge in [0, 0.05) is 226 Å². The monoisotopic (exact) mass is 1980 g/mol. The minimum absolute atomic E-state index is 0.0583. The van der Waals surface area contributed by atoms with Crippen molar-refractivity contribution in [2.24, 2.45) is 35.5 Å². The maximum atomic E-state index is 11.9. The van der Waals surface area contributed by atoms with E-state index in [2.05, 4.69) is 291 Å². The normalized spacial score (nSPS) is 19.8. The summed E-state index contributed by atoms with van der Waals surface area (Å²) in [5, 5.41) is 18.6. The van der Waals surface area contributed by atoms with Crippen molar-refractivity contribution in [3.05, 3.63) is 166 Å². The first-order valence-corrected chi connectivity index (χ1v) is 54.1. The lowest BCUT2D eigenvalue weighted by atomic mass is 9.82. The Bertz CT molecular complexity index is 5050. The molecule has 27 heteroatoms. The highest BCUT2D eigenvalue weighted by Crippen LogP contribution is 2.38. The van der Waals surface area contributed by atoms with Crippen molar-refractivity contribution in [3.8, 4) is 5.88 Å². The molecule has 7 aromatic rings. The van der Waals surface area contributed by atoms with Crippen LogP contribution in [0.25, 0.3) is 0 Å². The van der Waals surface area contributed by atoms with Crippen LogP contribution in [0.4, 0.5) is 11.4 Å². The van der Waals surface area contributed by atoms with E-state index < -0.39 is 0 Å². The predicted molar refractivity (Wildman–Crippen MR) is 584 cm³/mol. The third kappa shape index (κ3) is 39.2. The Hall–Kier alpha value is -9.60. The van der Waals surface area contributed by atoms with Gasteiger partial charge in [0.25, 0.3) is 0 Å². The molecule has 0 bridgehead atoms. The summed E-state index contributed by atoms with van der Waals surface area (Å²) >= 11 is 0. The molecule has 0 spiro atoms. The molecule has 4 aliphatic heterocycles. The van der Waals surface area contributed by atoms with E-state index in [1.807, 2.05) is 76.4 Å². The van der Waals surface area contributed by atoms with Gasteiger partial charge < -0.3 is 55.0 Å². The van der Waals surface area contributed by atoms with Crippen LogP contribution in [0.1, 0.15) is 351 Å². The van der Waals surface area contributed by atoms with Crippen molar-refractivity contribution in [2.45, 2.75) is 383 Å². The molecule has 15 rings (SSSR count). The Labute approximate surface area is 867 Å². The number of carbonyl (C=O) groups excluding carboxylic acids is 5. The van der Waals surface area contributed by atoms with Crippen molar-refractivity contribution in [2.75, 3.05) is 118 Å². The summed E-state index contributed by atoms with van der Waals surface area (Å²) in [6.07, 6.45) is 35.3. The molecule has 0 unspecified atom stereocenters. The lowest BCUT2D eigenvalue weighted by Crippen LogP contribution is -2.57. The zero-order valence-electron chi connectivity index (χ0n) is 94.7. The molecule has 0 atom stereocenters. The number of anilines is 2. The highest BCUT2D eigenvalue weighted by molar-refractivity contribution is 5.82. The average molecular weight is 1980 g/mol. The molecular weight excluding hydrogens is 1800 g/mol. The molecule has 27 nitrogen and oxygen atoms in total. The van der Waals surface area contributed by atoms with Crippen LogP contribution in [0, 0.1) is 35.5 Å². The van der Waals surface area contributed by atoms with Gasteiger partial charge in [0.15, 0.2) is 0 Å². The zero-order valence-corrected chi connectivity index (χ0v) is 94.7. The van der Waals surface area contributed by atoms with Crippen LogP contribution in [-0.2, 0) is 94.0 Å². The minimum Gasteiger partial charge on any atom is -0.476 e. The standard InChI is InChI=1S/C21H35N3O2.C18H29N3O.C18H31N3.C16H23N3O.C16H27N3.2C14H21N3O/c1-16(25)24-9-7-17(8-10-24)13-19-14-18(21(2,3)4)15-20(22-19)26-12-11-23(5)6;1-13(22)21(5)16-8-6-14(7-9-16)10-15-11-17(18(2,3)4)20-12-19-15;1-6-21(5)16-9-7-14(8-10-16)11-15-12-17(18(2,3)4)20-13-19-15;1-16(2,3)14-8-12(6-7-17-14)18-13-9-19(10-13)15(20)11-4-5-11;1-16(2,3)15-10-14(18-11-19-15)9-12-5-7-13(17-4)8-6-12;1-10(18)17-8-11(9-17)5-13-6-12(7-15-16-13)14(2,3)4;1-10(18)17-8-12(9-17)16-11-5-6-15-13(7-11)14(2,3)4/h14-15,17H,7-13H2,1-6H3;11-12,14,16H,6-10H2,1-5H3;12-14,16H,6-11H2,1-5H3;6-8,11,13H,4-5,9-10H2,1-3H3,(H,17,18);10-13,17H,5-9H2,1-4H3;6-7,11H,5,8-9H2,1-4H3;5-7,12H,8-9H2,1-4H3,(H,15,16). The van der Waals surface area contributed by atoms with Crippen molar-refractivity contribution >= 4 is 40.9 Å². The number of nitrogens with zero attached hydrogens (tertiary/aromatic N) is 18. The van der Waals surface area contributed by atoms with Crippen LogP contribution in [0.5, 0.6) is 5.88 Å². The van der Waals surface area contributed by atoms with Crippen molar-refractivity contribution in [1.29, 1.82) is 0 Å². The van der Waals surface area contributed by atoms with Crippen LogP contribution >= 0.6 is 0 Å². The Morgan fingerprint density at radius 1 is 0.389 bits per heavy atom. The number of ether oxygens (including phenoxy) is 1. The van der Waals surface area contributed by atoms with E-state index in [9.17, 15) is 24.0 Å². The van der Waals surface area contributed by atoms with E-state index in [4.69, 9.17) is 9.72 Å². The second-order valence-corrected chi connectivity index (χ2v) is 50.0. The predicted octanol–water partition coefficient (Wildman–Crippen LogP) is 19.6. The van der Waals surface area contributed by atoms with Crippen LogP contribution in [-0.4, -0.2) is 256 Å². The molecule has 796 valence electrons. The molecule has 8 fully saturated rings. The number of hydrogen-bond acceptors (Lipinski definition) is 22. The van der Waals surface area contributed by atoms with E-state index >= 15 is 0 Å². The maximum Gasteiger partial charge on any atom is 0.225 e. The van der Waals surface area contributed by atoms with Gasteiger partial charge in [0.2, 0.25) is 35.4 Å². The van der Waals surface area contributed by atoms with Crippen LogP contribution < -0.4 is 20.7 Å². The number of nitrogens with one attached hydrogen (secondary N) is 3. The molecule has 11 heterocycles. The fourth-order valence-electron chi connectivity index (χ4n) is 19.3. The quantitative estimate of drug-likeness (QED) is 0.0536. The number of piperidine rings is 1. The van der Waals surface area contributed by atoms with Gasteiger partial charge in [-0.1, -0.05) is 152 Å². The average Bonchev–Trinajstić information content (AvgIpc) is 1.62. The zero-order chi connectivity index (χ0) is 106. The third-order valence-electron chi connectivity index (χ3n) is 29.8. The smallest absolute Gasteiger partial charge is 0.225 e.